The van der Waals surface area contributed by atoms with Gasteiger partial charge in [-0.05, 0) is 57.7 Å². The fourth-order valence-electron chi connectivity index (χ4n) is 2.37. The van der Waals surface area contributed by atoms with E-state index in [1.807, 2.05) is 7.05 Å². The molecule has 120 valence electrons. The first-order valence-electron chi connectivity index (χ1n) is 7.89. The van der Waals surface area contributed by atoms with Crippen LogP contribution in [0.2, 0.25) is 0 Å². The Morgan fingerprint density at radius 2 is 1.75 bits per heavy atom. The van der Waals surface area contributed by atoms with Gasteiger partial charge in [0, 0.05) is 20.1 Å². The Morgan fingerprint density at radius 1 is 1.10 bits per heavy atom. The van der Waals surface area contributed by atoms with Crippen molar-refractivity contribution >= 4 is 29.9 Å². The summed E-state index contributed by atoms with van der Waals surface area (Å²) in [5.74, 6) is 1.69. The highest BCUT2D eigenvalue weighted by atomic mass is 127. The summed E-state index contributed by atoms with van der Waals surface area (Å²) in [7, 11) is 1.84. The molecule has 0 saturated carbocycles. The summed E-state index contributed by atoms with van der Waals surface area (Å²) in [5.41, 5.74) is 0. The van der Waals surface area contributed by atoms with Crippen LogP contribution in [0.15, 0.2) is 4.99 Å². The molecule has 0 bridgehead atoms. The van der Waals surface area contributed by atoms with Gasteiger partial charge >= 0.3 is 0 Å². The lowest BCUT2D eigenvalue weighted by atomic mass is 10.1. The Labute approximate surface area is 142 Å². The van der Waals surface area contributed by atoms with Crippen LogP contribution >= 0.6 is 24.0 Å². The number of likely N-dealkylation sites (tertiary alicyclic amines) is 1. The average molecular weight is 396 g/mol. The van der Waals surface area contributed by atoms with Gasteiger partial charge in [0.25, 0.3) is 0 Å². The van der Waals surface area contributed by atoms with Gasteiger partial charge in [-0.2, -0.15) is 0 Å². The van der Waals surface area contributed by atoms with Crippen molar-refractivity contribution in [3.63, 3.8) is 0 Å². The molecule has 0 amide bonds. The van der Waals surface area contributed by atoms with Crippen LogP contribution in [0.25, 0.3) is 0 Å². The molecule has 1 heterocycles. The zero-order valence-electron chi connectivity index (χ0n) is 13.5. The Balaban J connectivity index is 0.00000361. The van der Waals surface area contributed by atoms with Crippen molar-refractivity contribution in [2.45, 2.75) is 46.0 Å². The monoisotopic (exact) mass is 396 g/mol. The van der Waals surface area contributed by atoms with Crippen molar-refractivity contribution in [1.82, 2.24) is 15.5 Å². The molecule has 0 unspecified atom stereocenters. The number of guanidine groups is 1. The average Bonchev–Trinajstić information content (AvgIpc) is 2.89. The van der Waals surface area contributed by atoms with Gasteiger partial charge in [-0.25, -0.2) is 0 Å². The van der Waals surface area contributed by atoms with E-state index in [1.54, 1.807) is 0 Å². The first-order valence-corrected chi connectivity index (χ1v) is 7.89. The van der Waals surface area contributed by atoms with Crippen molar-refractivity contribution in [1.29, 1.82) is 0 Å². The standard InChI is InChI=1S/C15H32N4.HI/c1-14(2)8-10-18-15(16-3)17-9-4-5-11-19-12-6-7-13-19;/h14H,4-13H2,1-3H3,(H2,16,17,18);1H. The van der Waals surface area contributed by atoms with Crippen LogP contribution in [-0.2, 0) is 0 Å². The molecular weight excluding hydrogens is 363 g/mol. The molecule has 0 aliphatic carbocycles. The molecule has 0 aromatic rings. The maximum absolute atomic E-state index is 4.24. The van der Waals surface area contributed by atoms with E-state index < -0.39 is 0 Å². The van der Waals surface area contributed by atoms with Gasteiger partial charge < -0.3 is 15.5 Å². The molecule has 0 atom stereocenters. The SMILES string of the molecule is CN=C(NCCCCN1CCCC1)NCCC(C)C.I. The van der Waals surface area contributed by atoms with Crippen LogP contribution in [0.1, 0.15) is 46.0 Å². The summed E-state index contributed by atoms with van der Waals surface area (Å²) >= 11 is 0. The summed E-state index contributed by atoms with van der Waals surface area (Å²) in [4.78, 5) is 6.82. The van der Waals surface area contributed by atoms with Crippen molar-refractivity contribution < 1.29 is 0 Å². The maximum atomic E-state index is 4.24. The molecule has 0 aromatic heterocycles. The fourth-order valence-corrected chi connectivity index (χ4v) is 2.37. The first kappa shape index (κ1) is 20.0. The van der Waals surface area contributed by atoms with E-state index >= 15 is 0 Å². The third kappa shape index (κ3) is 9.80. The Kier molecular flexibility index (Phi) is 12.7. The summed E-state index contributed by atoms with van der Waals surface area (Å²) in [5, 5.41) is 6.75. The van der Waals surface area contributed by atoms with E-state index in [1.165, 1.54) is 51.7 Å². The number of rotatable bonds is 8. The van der Waals surface area contributed by atoms with Gasteiger partial charge in [0.1, 0.15) is 0 Å². The molecule has 1 aliphatic heterocycles. The lowest BCUT2D eigenvalue weighted by Gasteiger charge is -2.15. The molecule has 0 spiro atoms. The highest BCUT2D eigenvalue weighted by Crippen LogP contribution is 2.07. The molecule has 5 heteroatoms. The van der Waals surface area contributed by atoms with E-state index in [9.17, 15) is 0 Å². The van der Waals surface area contributed by atoms with Crippen molar-refractivity contribution in [3.05, 3.63) is 0 Å². The summed E-state index contributed by atoms with van der Waals surface area (Å²) in [6.07, 6.45) is 6.49. The van der Waals surface area contributed by atoms with Gasteiger partial charge in [-0.1, -0.05) is 13.8 Å². The number of nitrogens with one attached hydrogen (secondary N) is 2. The Hall–Kier alpha value is -0.0400. The molecule has 1 saturated heterocycles. The van der Waals surface area contributed by atoms with Crippen molar-refractivity contribution in [2.24, 2.45) is 10.9 Å². The quantitative estimate of drug-likeness (QED) is 0.287. The second kappa shape index (κ2) is 12.7. The third-order valence-corrected chi connectivity index (χ3v) is 3.63. The number of halogens is 1. The maximum Gasteiger partial charge on any atom is 0.190 e. The van der Waals surface area contributed by atoms with Crippen LogP contribution in [0.5, 0.6) is 0 Å². The number of unbranched alkanes of at least 4 members (excludes halogenated alkanes) is 1. The van der Waals surface area contributed by atoms with E-state index in [2.05, 4.69) is 34.4 Å². The number of nitrogens with zero attached hydrogens (tertiary/aromatic N) is 2. The fraction of sp³-hybridized carbons (Fsp3) is 0.933. The number of hydrogen-bond acceptors (Lipinski definition) is 2. The van der Waals surface area contributed by atoms with E-state index in [-0.39, 0.29) is 24.0 Å². The van der Waals surface area contributed by atoms with Gasteiger partial charge in [0.05, 0.1) is 0 Å². The third-order valence-electron chi connectivity index (χ3n) is 3.63. The van der Waals surface area contributed by atoms with Gasteiger partial charge in [0.2, 0.25) is 0 Å². The molecule has 4 nitrogen and oxygen atoms in total. The summed E-state index contributed by atoms with van der Waals surface area (Å²) in [6.45, 7) is 10.4. The number of hydrogen-bond donors (Lipinski definition) is 2. The van der Waals surface area contributed by atoms with Crippen LogP contribution in [0.3, 0.4) is 0 Å². The molecule has 20 heavy (non-hydrogen) atoms. The van der Waals surface area contributed by atoms with Gasteiger partial charge in [-0.3, -0.25) is 4.99 Å². The van der Waals surface area contributed by atoms with E-state index in [0.29, 0.717) is 0 Å². The highest BCUT2D eigenvalue weighted by Gasteiger charge is 2.09. The number of aliphatic imine (C=N–C) groups is 1. The lowest BCUT2D eigenvalue weighted by molar-refractivity contribution is 0.330. The normalized spacial score (nSPS) is 16.3. The van der Waals surface area contributed by atoms with E-state index in [4.69, 9.17) is 0 Å². The molecule has 0 radical (unpaired) electrons. The van der Waals surface area contributed by atoms with Crippen molar-refractivity contribution in [3.8, 4) is 0 Å². The molecule has 1 rings (SSSR count). The van der Waals surface area contributed by atoms with Gasteiger partial charge in [-0.15, -0.1) is 24.0 Å². The second-order valence-electron chi connectivity index (χ2n) is 5.86. The Morgan fingerprint density at radius 3 is 2.35 bits per heavy atom. The Bertz CT molecular complexity index is 250. The summed E-state index contributed by atoms with van der Waals surface area (Å²) in [6, 6.07) is 0. The molecular formula is C15H33IN4. The summed E-state index contributed by atoms with van der Waals surface area (Å²) < 4.78 is 0. The minimum atomic E-state index is 0. The largest absolute Gasteiger partial charge is 0.356 e. The van der Waals surface area contributed by atoms with Crippen LogP contribution in [0, 0.1) is 5.92 Å². The molecule has 0 aromatic carbocycles. The van der Waals surface area contributed by atoms with Gasteiger partial charge in [0.15, 0.2) is 5.96 Å². The molecule has 1 fully saturated rings. The van der Waals surface area contributed by atoms with Crippen molar-refractivity contribution in [2.75, 3.05) is 39.8 Å². The van der Waals surface area contributed by atoms with Crippen LogP contribution < -0.4 is 10.6 Å². The lowest BCUT2D eigenvalue weighted by Crippen LogP contribution is -2.38. The predicted octanol–water partition coefficient (Wildman–Crippen LogP) is 2.69. The predicted molar refractivity (Wildman–Crippen MR) is 99.1 cm³/mol. The zero-order valence-corrected chi connectivity index (χ0v) is 15.8. The minimum absolute atomic E-state index is 0. The molecule has 1 aliphatic rings. The highest BCUT2D eigenvalue weighted by molar-refractivity contribution is 14.0. The molecule has 2 N–H and O–H groups in total. The minimum Gasteiger partial charge on any atom is -0.356 e. The zero-order chi connectivity index (χ0) is 13.9. The smallest absolute Gasteiger partial charge is 0.190 e. The van der Waals surface area contributed by atoms with E-state index in [0.717, 1.165) is 25.0 Å². The van der Waals surface area contributed by atoms with Crippen LogP contribution in [-0.4, -0.2) is 50.6 Å². The topological polar surface area (TPSA) is 39.7 Å². The second-order valence-corrected chi connectivity index (χ2v) is 5.86. The van der Waals surface area contributed by atoms with Crippen LogP contribution in [0.4, 0.5) is 0 Å². The first-order chi connectivity index (χ1) is 9.22.